The standard InChI is InChI=1S/C8H12N2O2/c1-6(5-10)7(2)8(11)12-4-3-9/h3-4,9H2,1-2H3. The van der Waals surface area contributed by atoms with Crippen molar-refractivity contribution in [3.05, 3.63) is 11.1 Å². The highest BCUT2D eigenvalue weighted by molar-refractivity contribution is 5.89. The van der Waals surface area contributed by atoms with E-state index in [-0.39, 0.29) is 6.61 Å². The lowest BCUT2D eigenvalue weighted by molar-refractivity contribution is -0.138. The Morgan fingerprint density at radius 2 is 2.17 bits per heavy atom. The number of hydrogen-bond acceptors (Lipinski definition) is 4. The van der Waals surface area contributed by atoms with Crippen LogP contribution in [0.3, 0.4) is 0 Å². The van der Waals surface area contributed by atoms with Gasteiger partial charge in [0, 0.05) is 17.7 Å². The maximum Gasteiger partial charge on any atom is 0.334 e. The molecule has 0 heterocycles. The van der Waals surface area contributed by atoms with Gasteiger partial charge in [0.1, 0.15) is 6.61 Å². The van der Waals surface area contributed by atoms with Gasteiger partial charge in [0.05, 0.1) is 6.07 Å². The summed E-state index contributed by atoms with van der Waals surface area (Å²) in [6.07, 6.45) is 0. The highest BCUT2D eigenvalue weighted by Gasteiger charge is 2.07. The zero-order chi connectivity index (χ0) is 9.56. The van der Waals surface area contributed by atoms with E-state index in [1.807, 2.05) is 6.07 Å². The average Bonchev–Trinajstić information content (AvgIpc) is 2.11. The SMILES string of the molecule is CC(C#N)=C(C)C(=O)OCCN. The number of allylic oxidation sites excluding steroid dienone is 1. The van der Waals surface area contributed by atoms with Gasteiger partial charge in [-0.3, -0.25) is 0 Å². The number of nitriles is 1. The molecule has 0 aliphatic rings. The molecule has 0 saturated carbocycles. The summed E-state index contributed by atoms with van der Waals surface area (Å²) in [7, 11) is 0. The summed E-state index contributed by atoms with van der Waals surface area (Å²) in [6.45, 7) is 3.61. The summed E-state index contributed by atoms with van der Waals surface area (Å²) in [5.74, 6) is -0.473. The third-order valence-electron chi connectivity index (χ3n) is 1.39. The van der Waals surface area contributed by atoms with Crippen LogP contribution in [0.15, 0.2) is 11.1 Å². The molecule has 2 N–H and O–H groups in total. The van der Waals surface area contributed by atoms with Crippen LogP contribution in [0.25, 0.3) is 0 Å². The second-order valence-corrected chi connectivity index (χ2v) is 2.29. The first-order chi connectivity index (χ1) is 5.63. The van der Waals surface area contributed by atoms with E-state index in [0.29, 0.717) is 17.7 Å². The molecule has 0 amide bonds. The van der Waals surface area contributed by atoms with Crippen molar-refractivity contribution in [1.29, 1.82) is 5.26 Å². The first-order valence-corrected chi connectivity index (χ1v) is 3.58. The number of nitrogens with two attached hydrogens (primary N) is 1. The van der Waals surface area contributed by atoms with Crippen molar-refractivity contribution in [3.8, 4) is 6.07 Å². The summed E-state index contributed by atoms with van der Waals surface area (Å²) in [4.78, 5) is 11.0. The van der Waals surface area contributed by atoms with Gasteiger partial charge in [0.15, 0.2) is 0 Å². The topological polar surface area (TPSA) is 76.1 Å². The molecule has 0 unspecified atom stereocenters. The third-order valence-corrected chi connectivity index (χ3v) is 1.39. The van der Waals surface area contributed by atoms with Crippen molar-refractivity contribution in [2.24, 2.45) is 5.73 Å². The lowest BCUT2D eigenvalue weighted by Gasteiger charge is -2.02. The van der Waals surface area contributed by atoms with Crippen LogP contribution in [0.2, 0.25) is 0 Å². The Bertz CT molecular complexity index is 238. The van der Waals surface area contributed by atoms with Gasteiger partial charge < -0.3 is 10.5 Å². The van der Waals surface area contributed by atoms with E-state index in [0.717, 1.165) is 0 Å². The molecule has 0 fully saturated rings. The van der Waals surface area contributed by atoms with Crippen LogP contribution in [0, 0.1) is 11.3 Å². The molecule has 0 spiro atoms. The van der Waals surface area contributed by atoms with Crippen LogP contribution in [0.4, 0.5) is 0 Å². The molecule has 0 aromatic rings. The minimum Gasteiger partial charge on any atom is -0.461 e. The van der Waals surface area contributed by atoms with Crippen molar-refractivity contribution in [2.45, 2.75) is 13.8 Å². The second kappa shape index (κ2) is 5.33. The molecule has 66 valence electrons. The zero-order valence-electron chi connectivity index (χ0n) is 7.26. The smallest absolute Gasteiger partial charge is 0.334 e. The van der Waals surface area contributed by atoms with Crippen molar-refractivity contribution in [3.63, 3.8) is 0 Å². The van der Waals surface area contributed by atoms with Crippen LogP contribution in [-0.2, 0) is 9.53 Å². The molecular weight excluding hydrogens is 156 g/mol. The minimum atomic E-state index is -0.473. The summed E-state index contributed by atoms with van der Waals surface area (Å²) in [5, 5.41) is 8.44. The van der Waals surface area contributed by atoms with Gasteiger partial charge in [-0.15, -0.1) is 0 Å². The van der Waals surface area contributed by atoms with E-state index in [1.54, 1.807) is 13.8 Å². The third kappa shape index (κ3) is 3.17. The molecule has 4 heteroatoms. The van der Waals surface area contributed by atoms with Gasteiger partial charge in [-0.05, 0) is 13.8 Å². The molecule has 0 rings (SSSR count). The molecule has 0 aliphatic carbocycles. The van der Waals surface area contributed by atoms with Crippen LogP contribution >= 0.6 is 0 Å². The summed E-state index contributed by atoms with van der Waals surface area (Å²) in [6, 6.07) is 1.87. The van der Waals surface area contributed by atoms with E-state index < -0.39 is 5.97 Å². The normalized spacial score (nSPS) is 11.5. The number of rotatable bonds is 3. The lowest BCUT2D eigenvalue weighted by Crippen LogP contribution is -2.14. The summed E-state index contributed by atoms with van der Waals surface area (Å²) < 4.78 is 4.70. The molecule has 0 aromatic carbocycles. The quantitative estimate of drug-likeness (QED) is 0.374. The van der Waals surface area contributed by atoms with Gasteiger partial charge >= 0.3 is 5.97 Å². The molecular formula is C8H12N2O2. The van der Waals surface area contributed by atoms with E-state index in [4.69, 9.17) is 15.7 Å². The Labute approximate surface area is 71.6 Å². The molecule has 0 aliphatic heterocycles. The Kier molecular flexibility index (Phi) is 4.73. The van der Waals surface area contributed by atoms with Gasteiger partial charge in [0.2, 0.25) is 0 Å². The van der Waals surface area contributed by atoms with Crippen LogP contribution < -0.4 is 5.73 Å². The number of carbonyl (C=O) groups excluding carboxylic acids is 1. The largest absolute Gasteiger partial charge is 0.461 e. The number of hydrogen-bond donors (Lipinski definition) is 1. The maximum atomic E-state index is 11.0. The molecule has 0 saturated heterocycles. The number of ether oxygens (including phenoxy) is 1. The number of carbonyl (C=O) groups is 1. The van der Waals surface area contributed by atoms with Crippen molar-refractivity contribution in [1.82, 2.24) is 0 Å². The van der Waals surface area contributed by atoms with Crippen molar-refractivity contribution in [2.75, 3.05) is 13.2 Å². The van der Waals surface area contributed by atoms with Gasteiger partial charge in [-0.1, -0.05) is 0 Å². The van der Waals surface area contributed by atoms with Gasteiger partial charge in [0.25, 0.3) is 0 Å². The molecule has 0 bridgehead atoms. The second-order valence-electron chi connectivity index (χ2n) is 2.29. The zero-order valence-corrected chi connectivity index (χ0v) is 7.26. The Morgan fingerprint density at radius 3 is 2.58 bits per heavy atom. The van der Waals surface area contributed by atoms with E-state index >= 15 is 0 Å². The van der Waals surface area contributed by atoms with Gasteiger partial charge in [-0.2, -0.15) is 5.26 Å². The Hall–Kier alpha value is -1.34. The fourth-order valence-electron chi connectivity index (χ4n) is 0.497. The number of nitrogens with zero attached hydrogens (tertiary/aromatic N) is 1. The number of esters is 1. The molecule has 0 aromatic heterocycles. The van der Waals surface area contributed by atoms with Crippen LogP contribution in [0.5, 0.6) is 0 Å². The van der Waals surface area contributed by atoms with E-state index in [2.05, 4.69) is 0 Å². The van der Waals surface area contributed by atoms with Crippen LogP contribution in [0.1, 0.15) is 13.8 Å². The maximum absolute atomic E-state index is 11.0. The molecule has 4 nitrogen and oxygen atoms in total. The predicted octanol–water partition coefficient (Wildman–Crippen LogP) is 0.348. The highest BCUT2D eigenvalue weighted by atomic mass is 16.5. The first-order valence-electron chi connectivity index (χ1n) is 3.58. The molecule has 0 atom stereocenters. The first kappa shape index (κ1) is 10.7. The van der Waals surface area contributed by atoms with E-state index in [1.165, 1.54) is 0 Å². The van der Waals surface area contributed by atoms with Crippen molar-refractivity contribution < 1.29 is 9.53 Å². The average molecular weight is 168 g/mol. The van der Waals surface area contributed by atoms with Crippen molar-refractivity contribution >= 4 is 5.97 Å². The Morgan fingerprint density at radius 1 is 1.58 bits per heavy atom. The monoisotopic (exact) mass is 168 g/mol. The molecule has 12 heavy (non-hydrogen) atoms. The summed E-state index contributed by atoms with van der Waals surface area (Å²) in [5.41, 5.74) is 5.84. The van der Waals surface area contributed by atoms with Gasteiger partial charge in [-0.25, -0.2) is 4.79 Å². The Balaban J connectivity index is 4.22. The van der Waals surface area contributed by atoms with E-state index in [9.17, 15) is 4.79 Å². The van der Waals surface area contributed by atoms with Crippen LogP contribution in [-0.4, -0.2) is 19.1 Å². The summed E-state index contributed by atoms with van der Waals surface area (Å²) >= 11 is 0. The molecule has 0 radical (unpaired) electrons. The minimum absolute atomic E-state index is 0.189. The predicted molar refractivity (Wildman–Crippen MR) is 44.0 cm³/mol. The fraction of sp³-hybridized carbons (Fsp3) is 0.500. The fourth-order valence-corrected chi connectivity index (χ4v) is 0.497. The highest BCUT2D eigenvalue weighted by Crippen LogP contribution is 2.03. The lowest BCUT2D eigenvalue weighted by atomic mass is 10.2.